The lowest BCUT2D eigenvalue weighted by Crippen LogP contribution is -2.44. The third kappa shape index (κ3) is 3.27. The Kier molecular flexibility index (Phi) is 4.39. The van der Waals surface area contributed by atoms with Gasteiger partial charge < -0.3 is 15.4 Å². The number of nitrogens with two attached hydrogens (primary N) is 1. The molecule has 0 unspecified atom stereocenters. The molecule has 1 aromatic carbocycles. The molecule has 0 atom stereocenters. The number of amides is 1. The van der Waals surface area contributed by atoms with Gasteiger partial charge in [-0.15, -0.1) is 0 Å². The summed E-state index contributed by atoms with van der Waals surface area (Å²) in [6, 6.07) is 6.31. The molecule has 4 heteroatoms. The molecule has 0 aromatic heterocycles. The smallest absolute Gasteiger partial charge is 0.222 e. The van der Waals surface area contributed by atoms with Crippen molar-refractivity contribution < 1.29 is 9.53 Å². The van der Waals surface area contributed by atoms with E-state index in [1.807, 2.05) is 11.0 Å². The van der Waals surface area contributed by atoms with Crippen molar-refractivity contribution in [1.82, 2.24) is 4.90 Å². The molecule has 120 valence electrons. The zero-order valence-corrected chi connectivity index (χ0v) is 13.4. The van der Waals surface area contributed by atoms with Crippen molar-refractivity contribution in [3.05, 3.63) is 29.3 Å². The zero-order valence-electron chi connectivity index (χ0n) is 13.4. The van der Waals surface area contributed by atoms with Gasteiger partial charge in [-0.1, -0.05) is 19.1 Å². The predicted octanol–water partition coefficient (Wildman–Crippen LogP) is 2.14. The summed E-state index contributed by atoms with van der Waals surface area (Å²) in [5, 5.41) is 0. The molecule has 1 saturated heterocycles. The Hall–Kier alpha value is -1.55. The van der Waals surface area contributed by atoms with Crippen LogP contribution in [0.4, 0.5) is 0 Å². The van der Waals surface area contributed by atoms with E-state index < -0.39 is 0 Å². The molecule has 0 radical (unpaired) electrons. The van der Waals surface area contributed by atoms with Crippen LogP contribution in [0.15, 0.2) is 18.2 Å². The second kappa shape index (κ2) is 6.29. The number of ether oxygens (including phenoxy) is 1. The number of benzene rings is 1. The average Bonchev–Trinajstić information content (AvgIpc) is 3.01. The van der Waals surface area contributed by atoms with Gasteiger partial charge in [-0.3, -0.25) is 4.79 Å². The molecular weight excluding hydrogens is 276 g/mol. The summed E-state index contributed by atoms with van der Waals surface area (Å²) in [6.45, 7) is 5.42. The average molecular weight is 302 g/mol. The van der Waals surface area contributed by atoms with E-state index in [-0.39, 0.29) is 11.3 Å². The highest BCUT2D eigenvalue weighted by atomic mass is 16.5. The Labute approximate surface area is 132 Å². The number of fused-ring (bicyclic) bond motifs is 1. The van der Waals surface area contributed by atoms with Gasteiger partial charge in [0.15, 0.2) is 0 Å². The van der Waals surface area contributed by atoms with Crippen molar-refractivity contribution >= 4 is 5.91 Å². The maximum absolute atomic E-state index is 12.4. The van der Waals surface area contributed by atoms with Gasteiger partial charge in [0.1, 0.15) is 5.75 Å². The number of aryl methyl sites for hydroxylation is 1. The molecule has 3 rings (SSSR count). The van der Waals surface area contributed by atoms with E-state index in [9.17, 15) is 4.79 Å². The molecule has 1 aromatic rings. The maximum atomic E-state index is 12.4. The van der Waals surface area contributed by atoms with Gasteiger partial charge >= 0.3 is 0 Å². The molecule has 0 aliphatic carbocycles. The summed E-state index contributed by atoms with van der Waals surface area (Å²) < 4.78 is 5.52. The standard InChI is InChI=1S/C18H26N2O2/c1-18(13-19)7-9-20(10-8-18)17(21)5-3-14-2-4-16-15(12-14)6-11-22-16/h2,4,12H,3,5-11,13,19H2,1H3. The Morgan fingerprint density at radius 2 is 2.14 bits per heavy atom. The van der Waals surface area contributed by atoms with E-state index in [0.29, 0.717) is 13.0 Å². The lowest BCUT2D eigenvalue weighted by Gasteiger charge is -2.38. The fourth-order valence-corrected chi connectivity index (χ4v) is 3.30. The molecule has 1 fully saturated rings. The molecule has 2 heterocycles. The monoisotopic (exact) mass is 302 g/mol. The third-order valence-corrected chi connectivity index (χ3v) is 5.20. The first-order valence-corrected chi connectivity index (χ1v) is 8.32. The van der Waals surface area contributed by atoms with Crippen LogP contribution in [0.2, 0.25) is 0 Å². The molecule has 2 aliphatic rings. The minimum absolute atomic E-state index is 0.219. The highest BCUT2D eigenvalue weighted by Gasteiger charge is 2.30. The number of hydrogen-bond donors (Lipinski definition) is 1. The minimum Gasteiger partial charge on any atom is -0.493 e. The van der Waals surface area contributed by atoms with Crippen molar-refractivity contribution in [2.24, 2.45) is 11.1 Å². The summed E-state index contributed by atoms with van der Waals surface area (Å²) in [4.78, 5) is 14.4. The second-order valence-corrected chi connectivity index (χ2v) is 6.94. The number of carbonyl (C=O) groups is 1. The minimum atomic E-state index is 0.219. The Morgan fingerprint density at radius 3 is 2.86 bits per heavy atom. The Bertz CT molecular complexity index is 548. The fourth-order valence-electron chi connectivity index (χ4n) is 3.30. The first-order chi connectivity index (χ1) is 10.6. The van der Waals surface area contributed by atoms with Crippen LogP contribution in [-0.4, -0.2) is 37.0 Å². The summed E-state index contributed by atoms with van der Waals surface area (Å²) in [5.41, 5.74) is 8.56. The molecule has 2 N–H and O–H groups in total. The van der Waals surface area contributed by atoms with Crippen molar-refractivity contribution in [2.45, 2.75) is 39.0 Å². The number of likely N-dealkylation sites (tertiary alicyclic amines) is 1. The van der Waals surface area contributed by atoms with Gasteiger partial charge in [-0.2, -0.15) is 0 Å². The Morgan fingerprint density at radius 1 is 1.36 bits per heavy atom. The van der Waals surface area contributed by atoms with Crippen LogP contribution in [0.3, 0.4) is 0 Å². The Balaban J connectivity index is 1.51. The van der Waals surface area contributed by atoms with Crippen molar-refractivity contribution in [3.63, 3.8) is 0 Å². The van der Waals surface area contributed by atoms with Gasteiger partial charge in [0.05, 0.1) is 6.61 Å². The van der Waals surface area contributed by atoms with E-state index in [0.717, 1.165) is 51.1 Å². The van der Waals surface area contributed by atoms with Crippen LogP contribution < -0.4 is 10.5 Å². The van der Waals surface area contributed by atoms with Gasteiger partial charge in [0.25, 0.3) is 0 Å². The van der Waals surface area contributed by atoms with Crippen LogP contribution >= 0.6 is 0 Å². The van der Waals surface area contributed by atoms with E-state index in [4.69, 9.17) is 10.5 Å². The first kappa shape index (κ1) is 15.3. The number of piperidine rings is 1. The van der Waals surface area contributed by atoms with Gasteiger partial charge in [-0.05, 0) is 48.4 Å². The second-order valence-electron chi connectivity index (χ2n) is 6.94. The van der Waals surface area contributed by atoms with Gasteiger partial charge in [-0.25, -0.2) is 0 Å². The molecule has 1 amide bonds. The predicted molar refractivity (Wildman–Crippen MR) is 86.9 cm³/mol. The van der Waals surface area contributed by atoms with Crippen LogP contribution in [0, 0.1) is 5.41 Å². The van der Waals surface area contributed by atoms with Crippen LogP contribution in [0.1, 0.15) is 37.3 Å². The van der Waals surface area contributed by atoms with Gasteiger partial charge in [0, 0.05) is 25.9 Å². The number of rotatable bonds is 4. The molecule has 0 saturated carbocycles. The topological polar surface area (TPSA) is 55.6 Å². The molecule has 22 heavy (non-hydrogen) atoms. The number of hydrogen-bond acceptors (Lipinski definition) is 3. The normalized spacial score (nSPS) is 19.6. The highest BCUT2D eigenvalue weighted by molar-refractivity contribution is 5.76. The van der Waals surface area contributed by atoms with E-state index in [2.05, 4.69) is 19.1 Å². The molecule has 2 aliphatic heterocycles. The summed E-state index contributed by atoms with van der Waals surface area (Å²) >= 11 is 0. The largest absolute Gasteiger partial charge is 0.493 e. The lowest BCUT2D eigenvalue weighted by molar-refractivity contribution is -0.133. The van der Waals surface area contributed by atoms with E-state index in [1.54, 1.807) is 0 Å². The summed E-state index contributed by atoms with van der Waals surface area (Å²) in [7, 11) is 0. The zero-order chi connectivity index (χ0) is 15.6. The first-order valence-electron chi connectivity index (χ1n) is 8.32. The SMILES string of the molecule is CC1(CN)CCN(C(=O)CCc2ccc3c(c2)CCO3)CC1. The van der Waals surface area contributed by atoms with Crippen LogP contribution in [0.25, 0.3) is 0 Å². The quantitative estimate of drug-likeness (QED) is 0.927. The maximum Gasteiger partial charge on any atom is 0.222 e. The van der Waals surface area contributed by atoms with Crippen molar-refractivity contribution in [2.75, 3.05) is 26.2 Å². The third-order valence-electron chi connectivity index (χ3n) is 5.20. The van der Waals surface area contributed by atoms with Crippen molar-refractivity contribution in [1.29, 1.82) is 0 Å². The van der Waals surface area contributed by atoms with Crippen molar-refractivity contribution in [3.8, 4) is 5.75 Å². The van der Waals surface area contributed by atoms with E-state index in [1.165, 1.54) is 11.1 Å². The summed E-state index contributed by atoms with van der Waals surface area (Å²) in [5.74, 6) is 1.28. The lowest BCUT2D eigenvalue weighted by atomic mass is 9.80. The molecule has 0 bridgehead atoms. The fraction of sp³-hybridized carbons (Fsp3) is 0.611. The van der Waals surface area contributed by atoms with Crippen LogP contribution in [-0.2, 0) is 17.6 Å². The van der Waals surface area contributed by atoms with E-state index >= 15 is 0 Å². The number of carbonyl (C=O) groups excluding carboxylic acids is 1. The molecule has 4 nitrogen and oxygen atoms in total. The summed E-state index contributed by atoms with van der Waals surface area (Å²) in [6.07, 6.45) is 4.44. The molecular formula is C18H26N2O2. The molecule has 0 spiro atoms. The highest BCUT2D eigenvalue weighted by Crippen LogP contribution is 2.30. The number of nitrogens with zero attached hydrogens (tertiary/aromatic N) is 1. The van der Waals surface area contributed by atoms with Crippen LogP contribution in [0.5, 0.6) is 5.75 Å². The van der Waals surface area contributed by atoms with Gasteiger partial charge in [0.2, 0.25) is 5.91 Å².